The number of hydrogen-bond acceptors (Lipinski definition) is 8. The second kappa shape index (κ2) is 6.31. The number of non-ortho nitro benzene ring substituents is 1. The summed E-state index contributed by atoms with van der Waals surface area (Å²) in [5.74, 6) is 0.343. The maximum Gasteiger partial charge on any atom is 0.300 e. The molecule has 1 aliphatic rings. The molecule has 2 N–H and O–H groups in total. The van der Waals surface area contributed by atoms with Crippen LogP contribution in [0.25, 0.3) is 0 Å². The smallest absolute Gasteiger partial charge is 0.300 e. The van der Waals surface area contributed by atoms with Gasteiger partial charge in [-0.2, -0.15) is 0 Å². The predicted octanol–water partition coefficient (Wildman–Crippen LogP) is 1.99. The van der Waals surface area contributed by atoms with Gasteiger partial charge in [0.25, 0.3) is 11.6 Å². The fourth-order valence-electron chi connectivity index (χ4n) is 2.12. The van der Waals surface area contributed by atoms with Gasteiger partial charge in [-0.15, -0.1) is 0 Å². The Morgan fingerprint density at radius 3 is 2.48 bits per heavy atom. The van der Waals surface area contributed by atoms with E-state index in [1.165, 1.54) is 12.1 Å². The van der Waals surface area contributed by atoms with Gasteiger partial charge in [-0.3, -0.25) is 35.9 Å². The van der Waals surface area contributed by atoms with Gasteiger partial charge in [0, 0.05) is 11.6 Å². The van der Waals surface area contributed by atoms with Gasteiger partial charge in [-0.25, -0.2) is 0 Å². The third-order valence-electron chi connectivity index (χ3n) is 3.33. The van der Waals surface area contributed by atoms with Crippen LogP contribution in [0, 0.1) is 20.2 Å². The standard InChI is InChI=1S/C14H10N4O7/c19-14(8-1-4-12-13(5-8)25-7-24-12)16-15-10-3-2-9(17(20)21)6-11(10)18(22)23/h1-6,15H,7H2,(H,16,19). The highest BCUT2D eigenvalue weighted by molar-refractivity contribution is 5.95. The molecule has 0 fully saturated rings. The van der Waals surface area contributed by atoms with Crippen molar-refractivity contribution in [3.8, 4) is 11.5 Å². The Kier molecular flexibility index (Phi) is 4.04. The largest absolute Gasteiger partial charge is 0.454 e. The van der Waals surface area contributed by atoms with Gasteiger partial charge in [0.05, 0.1) is 15.9 Å². The van der Waals surface area contributed by atoms with Gasteiger partial charge in [0.1, 0.15) is 5.69 Å². The van der Waals surface area contributed by atoms with Crippen LogP contribution in [0.5, 0.6) is 11.5 Å². The van der Waals surface area contributed by atoms with Crippen molar-refractivity contribution in [2.75, 3.05) is 12.2 Å². The van der Waals surface area contributed by atoms with Crippen LogP contribution in [0.1, 0.15) is 10.4 Å². The molecule has 0 bridgehead atoms. The minimum atomic E-state index is -0.790. The molecule has 2 aromatic rings. The van der Waals surface area contributed by atoms with Gasteiger partial charge in [0.15, 0.2) is 11.5 Å². The molecule has 11 nitrogen and oxygen atoms in total. The Labute approximate surface area is 139 Å². The van der Waals surface area contributed by atoms with E-state index < -0.39 is 27.1 Å². The van der Waals surface area contributed by atoms with E-state index in [0.29, 0.717) is 11.5 Å². The number of benzene rings is 2. The maximum absolute atomic E-state index is 12.1. The maximum atomic E-state index is 12.1. The molecule has 0 aromatic heterocycles. The Balaban J connectivity index is 1.75. The van der Waals surface area contributed by atoms with Gasteiger partial charge >= 0.3 is 5.69 Å². The molecule has 128 valence electrons. The summed E-state index contributed by atoms with van der Waals surface area (Å²) in [4.78, 5) is 32.3. The molecule has 0 radical (unpaired) electrons. The minimum absolute atomic E-state index is 0.0631. The van der Waals surface area contributed by atoms with E-state index in [-0.39, 0.29) is 18.0 Å². The normalized spacial score (nSPS) is 11.7. The van der Waals surface area contributed by atoms with Crippen LogP contribution in [-0.4, -0.2) is 22.5 Å². The number of hydrazine groups is 1. The number of rotatable bonds is 5. The second-order valence-electron chi connectivity index (χ2n) is 4.86. The highest BCUT2D eigenvalue weighted by atomic mass is 16.7. The topological polar surface area (TPSA) is 146 Å². The van der Waals surface area contributed by atoms with E-state index in [0.717, 1.165) is 18.2 Å². The molecule has 0 atom stereocenters. The van der Waals surface area contributed by atoms with Crippen molar-refractivity contribution in [3.05, 3.63) is 62.2 Å². The summed E-state index contributed by atoms with van der Waals surface area (Å²) in [7, 11) is 0. The molecular weight excluding hydrogens is 336 g/mol. The van der Waals surface area contributed by atoms with Crippen molar-refractivity contribution in [3.63, 3.8) is 0 Å². The number of carbonyl (C=O) groups is 1. The lowest BCUT2D eigenvalue weighted by atomic mass is 10.2. The minimum Gasteiger partial charge on any atom is -0.454 e. The van der Waals surface area contributed by atoms with Gasteiger partial charge in [-0.05, 0) is 24.3 Å². The Morgan fingerprint density at radius 2 is 1.76 bits per heavy atom. The summed E-state index contributed by atoms with van der Waals surface area (Å²) in [6.07, 6.45) is 0. The average molecular weight is 346 g/mol. The molecule has 1 amide bonds. The number of ether oxygens (including phenoxy) is 2. The number of amides is 1. The van der Waals surface area contributed by atoms with Crippen LogP contribution in [-0.2, 0) is 0 Å². The number of anilines is 1. The number of nitrogens with zero attached hydrogens (tertiary/aromatic N) is 2. The zero-order chi connectivity index (χ0) is 18.0. The fraction of sp³-hybridized carbons (Fsp3) is 0.0714. The van der Waals surface area contributed by atoms with E-state index in [2.05, 4.69) is 10.9 Å². The Hall–Kier alpha value is -3.89. The molecule has 2 aromatic carbocycles. The molecule has 25 heavy (non-hydrogen) atoms. The van der Waals surface area contributed by atoms with Crippen LogP contribution >= 0.6 is 0 Å². The zero-order valence-electron chi connectivity index (χ0n) is 12.4. The first-order valence-electron chi connectivity index (χ1n) is 6.84. The monoisotopic (exact) mass is 346 g/mol. The molecule has 0 aliphatic carbocycles. The zero-order valence-corrected chi connectivity index (χ0v) is 12.4. The summed E-state index contributed by atoms with van der Waals surface area (Å²) < 4.78 is 10.3. The van der Waals surface area contributed by atoms with Crippen LogP contribution in [0.3, 0.4) is 0 Å². The quantitative estimate of drug-likeness (QED) is 0.617. The van der Waals surface area contributed by atoms with Crippen LogP contribution < -0.4 is 20.3 Å². The number of nitro groups is 2. The predicted molar refractivity (Wildman–Crippen MR) is 83.4 cm³/mol. The number of nitrogens with one attached hydrogen (secondary N) is 2. The third kappa shape index (κ3) is 3.24. The highest BCUT2D eigenvalue weighted by Crippen LogP contribution is 2.32. The molecule has 11 heteroatoms. The molecule has 0 saturated heterocycles. The van der Waals surface area contributed by atoms with Gasteiger partial charge in [0.2, 0.25) is 6.79 Å². The molecular formula is C14H10N4O7. The summed E-state index contributed by atoms with van der Waals surface area (Å²) in [5, 5.41) is 21.7. The lowest BCUT2D eigenvalue weighted by Gasteiger charge is -2.09. The van der Waals surface area contributed by atoms with Crippen molar-refractivity contribution >= 4 is 23.0 Å². The number of carbonyl (C=O) groups excluding carboxylic acids is 1. The summed E-state index contributed by atoms with van der Waals surface area (Å²) in [5.41, 5.74) is 3.85. The van der Waals surface area contributed by atoms with E-state index in [9.17, 15) is 25.0 Å². The molecule has 1 heterocycles. The van der Waals surface area contributed by atoms with Gasteiger partial charge in [-0.1, -0.05) is 0 Å². The van der Waals surface area contributed by atoms with Crippen LogP contribution in [0.15, 0.2) is 36.4 Å². The number of fused-ring (bicyclic) bond motifs is 1. The molecule has 3 rings (SSSR count). The lowest BCUT2D eigenvalue weighted by molar-refractivity contribution is -0.393. The number of nitro benzene ring substituents is 2. The Bertz CT molecular complexity index is 883. The molecule has 0 spiro atoms. The first-order chi connectivity index (χ1) is 12.0. The highest BCUT2D eigenvalue weighted by Gasteiger charge is 2.20. The Morgan fingerprint density at radius 1 is 1.00 bits per heavy atom. The first-order valence-corrected chi connectivity index (χ1v) is 6.84. The van der Waals surface area contributed by atoms with E-state index in [4.69, 9.17) is 9.47 Å². The molecule has 0 unspecified atom stereocenters. The number of hydrogen-bond donors (Lipinski definition) is 2. The van der Waals surface area contributed by atoms with E-state index in [1.807, 2.05) is 0 Å². The first kappa shape index (κ1) is 16.0. The average Bonchev–Trinajstić information content (AvgIpc) is 3.06. The van der Waals surface area contributed by atoms with E-state index >= 15 is 0 Å². The van der Waals surface area contributed by atoms with Crippen molar-refractivity contribution in [1.82, 2.24) is 5.43 Å². The van der Waals surface area contributed by atoms with Crippen LogP contribution in [0.4, 0.5) is 17.1 Å². The summed E-state index contributed by atoms with van der Waals surface area (Å²) in [6.45, 7) is 0.0631. The lowest BCUT2D eigenvalue weighted by Crippen LogP contribution is -2.29. The SMILES string of the molecule is O=C(NNc1ccc([N+](=O)[O-])cc1[N+](=O)[O-])c1ccc2c(c1)OCO2. The van der Waals surface area contributed by atoms with Crippen molar-refractivity contribution in [1.29, 1.82) is 0 Å². The van der Waals surface area contributed by atoms with E-state index in [1.54, 1.807) is 6.07 Å². The van der Waals surface area contributed by atoms with Crippen molar-refractivity contribution in [2.24, 2.45) is 0 Å². The van der Waals surface area contributed by atoms with Crippen LogP contribution in [0.2, 0.25) is 0 Å². The second-order valence-corrected chi connectivity index (χ2v) is 4.86. The summed E-state index contributed by atoms with van der Waals surface area (Å²) in [6, 6.07) is 7.54. The summed E-state index contributed by atoms with van der Waals surface area (Å²) >= 11 is 0. The van der Waals surface area contributed by atoms with Gasteiger partial charge < -0.3 is 9.47 Å². The fourth-order valence-corrected chi connectivity index (χ4v) is 2.12. The van der Waals surface area contributed by atoms with Crippen molar-refractivity contribution in [2.45, 2.75) is 0 Å². The third-order valence-corrected chi connectivity index (χ3v) is 3.33. The van der Waals surface area contributed by atoms with Crippen molar-refractivity contribution < 1.29 is 24.1 Å². The molecule has 1 aliphatic heterocycles. The molecule has 0 saturated carbocycles.